The lowest BCUT2D eigenvalue weighted by Crippen LogP contribution is -2.35. The molecule has 0 aliphatic rings. The molecule has 0 saturated heterocycles. The fraction of sp³-hybridized carbons (Fsp3) is 0.333. The van der Waals surface area contributed by atoms with Crippen molar-refractivity contribution in [2.45, 2.75) is 25.8 Å². The Morgan fingerprint density at radius 1 is 1.43 bits per heavy atom. The summed E-state index contributed by atoms with van der Waals surface area (Å²) in [5, 5.41) is 12.2. The van der Waals surface area contributed by atoms with Crippen LogP contribution in [0.3, 0.4) is 0 Å². The van der Waals surface area contributed by atoms with Crippen LogP contribution in [0.25, 0.3) is 10.9 Å². The van der Waals surface area contributed by atoms with E-state index in [1.165, 1.54) is 0 Å². The number of carbonyl (C=O) groups is 2. The van der Waals surface area contributed by atoms with Gasteiger partial charge in [0.05, 0.1) is 20.0 Å². The van der Waals surface area contributed by atoms with Gasteiger partial charge in [-0.15, -0.1) is 0 Å². The van der Waals surface area contributed by atoms with E-state index in [2.05, 4.69) is 10.3 Å². The number of aromatic nitrogens is 1. The fourth-order valence-electron chi connectivity index (χ4n) is 2.34. The lowest BCUT2D eigenvalue weighted by molar-refractivity contribution is -0.137. The molecule has 1 aromatic carbocycles. The Morgan fingerprint density at radius 3 is 2.86 bits per heavy atom. The van der Waals surface area contributed by atoms with Crippen molar-refractivity contribution in [3.63, 3.8) is 0 Å². The van der Waals surface area contributed by atoms with Gasteiger partial charge in [-0.05, 0) is 24.6 Å². The van der Waals surface area contributed by atoms with Crippen molar-refractivity contribution in [3.05, 3.63) is 30.0 Å². The Morgan fingerprint density at radius 2 is 2.19 bits per heavy atom. The van der Waals surface area contributed by atoms with Crippen LogP contribution in [0.15, 0.2) is 24.4 Å². The van der Waals surface area contributed by atoms with Gasteiger partial charge in [-0.25, -0.2) is 0 Å². The first-order valence-corrected chi connectivity index (χ1v) is 6.65. The molecule has 1 heterocycles. The molecule has 0 fully saturated rings. The van der Waals surface area contributed by atoms with Gasteiger partial charge in [-0.1, -0.05) is 6.07 Å². The minimum atomic E-state index is -0.934. The number of rotatable bonds is 6. The standard InChI is InChI=1S/C15H18N2O4/c1-9(6-14(19)20)17-13(18)7-10-8-16-11-4-3-5-12(21-2)15(10)11/h3-5,8-9,16H,6-7H2,1-2H3,(H,17,18)(H,19,20). The van der Waals surface area contributed by atoms with Crippen molar-refractivity contribution < 1.29 is 19.4 Å². The van der Waals surface area contributed by atoms with Crippen LogP contribution < -0.4 is 10.1 Å². The van der Waals surface area contributed by atoms with Crippen LogP contribution >= 0.6 is 0 Å². The second-order valence-corrected chi connectivity index (χ2v) is 4.94. The summed E-state index contributed by atoms with van der Waals surface area (Å²) in [7, 11) is 1.58. The van der Waals surface area contributed by atoms with Gasteiger partial charge in [0.15, 0.2) is 0 Å². The zero-order chi connectivity index (χ0) is 15.4. The van der Waals surface area contributed by atoms with Crippen LogP contribution in [-0.2, 0) is 16.0 Å². The Balaban J connectivity index is 2.13. The molecule has 0 bridgehead atoms. The van der Waals surface area contributed by atoms with E-state index in [0.717, 1.165) is 16.5 Å². The molecule has 0 aliphatic carbocycles. The number of aromatic amines is 1. The predicted octanol–water partition coefficient (Wildman–Crippen LogP) is 1.70. The smallest absolute Gasteiger partial charge is 0.305 e. The summed E-state index contributed by atoms with van der Waals surface area (Å²) in [5.74, 6) is -0.442. The molecule has 2 rings (SSSR count). The van der Waals surface area contributed by atoms with Gasteiger partial charge in [0.1, 0.15) is 5.75 Å². The van der Waals surface area contributed by atoms with E-state index in [1.54, 1.807) is 20.2 Å². The largest absolute Gasteiger partial charge is 0.496 e. The Bertz CT molecular complexity index is 663. The van der Waals surface area contributed by atoms with E-state index in [0.29, 0.717) is 5.75 Å². The lowest BCUT2D eigenvalue weighted by atomic mass is 10.1. The van der Waals surface area contributed by atoms with Gasteiger partial charge in [-0.2, -0.15) is 0 Å². The minimum absolute atomic E-state index is 0.0943. The number of carboxylic acids is 1. The summed E-state index contributed by atoms with van der Waals surface area (Å²) < 4.78 is 5.31. The molecule has 0 radical (unpaired) electrons. The van der Waals surface area contributed by atoms with E-state index in [9.17, 15) is 9.59 Å². The minimum Gasteiger partial charge on any atom is -0.496 e. The van der Waals surface area contributed by atoms with E-state index >= 15 is 0 Å². The first-order valence-electron chi connectivity index (χ1n) is 6.65. The number of aliphatic carboxylic acids is 1. The summed E-state index contributed by atoms with van der Waals surface area (Å²) >= 11 is 0. The number of hydrogen-bond donors (Lipinski definition) is 3. The number of ether oxygens (including phenoxy) is 1. The molecule has 6 nitrogen and oxygen atoms in total. The third kappa shape index (κ3) is 3.53. The molecular weight excluding hydrogens is 272 g/mol. The molecule has 112 valence electrons. The van der Waals surface area contributed by atoms with Gasteiger partial charge in [0.25, 0.3) is 0 Å². The molecular formula is C15H18N2O4. The average Bonchev–Trinajstić information content (AvgIpc) is 2.80. The van der Waals surface area contributed by atoms with Crippen molar-refractivity contribution in [1.82, 2.24) is 10.3 Å². The molecule has 1 unspecified atom stereocenters. The molecule has 0 aliphatic heterocycles. The molecule has 1 amide bonds. The number of fused-ring (bicyclic) bond motifs is 1. The van der Waals surface area contributed by atoms with Crippen LogP contribution in [0.2, 0.25) is 0 Å². The van der Waals surface area contributed by atoms with Crippen molar-refractivity contribution in [2.24, 2.45) is 0 Å². The van der Waals surface area contributed by atoms with E-state index in [4.69, 9.17) is 9.84 Å². The Labute approximate surface area is 122 Å². The van der Waals surface area contributed by atoms with E-state index in [1.807, 2.05) is 18.2 Å². The topological polar surface area (TPSA) is 91.4 Å². The first-order chi connectivity index (χ1) is 10.0. The zero-order valence-electron chi connectivity index (χ0n) is 12.0. The summed E-state index contributed by atoms with van der Waals surface area (Å²) in [5.41, 5.74) is 1.72. The van der Waals surface area contributed by atoms with Gasteiger partial charge in [-0.3, -0.25) is 9.59 Å². The van der Waals surface area contributed by atoms with Crippen molar-refractivity contribution in [1.29, 1.82) is 0 Å². The number of H-pyrrole nitrogens is 1. The van der Waals surface area contributed by atoms with Crippen LogP contribution in [0.5, 0.6) is 5.75 Å². The number of methoxy groups -OCH3 is 1. The number of amides is 1. The second kappa shape index (κ2) is 6.30. The third-order valence-electron chi connectivity index (χ3n) is 3.21. The van der Waals surface area contributed by atoms with Crippen LogP contribution in [0.4, 0.5) is 0 Å². The zero-order valence-corrected chi connectivity index (χ0v) is 12.0. The highest BCUT2D eigenvalue weighted by Gasteiger charge is 2.15. The third-order valence-corrected chi connectivity index (χ3v) is 3.21. The molecule has 2 aromatic rings. The normalized spacial score (nSPS) is 12.1. The molecule has 3 N–H and O–H groups in total. The Hall–Kier alpha value is -2.50. The van der Waals surface area contributed by atoms with E-state index in [-0.39, 0.29) is 18.7 Å². The van der Waals surface area contributed by atoms with Gasteiger partial charge in [0, 0.05) is 23.1 Å². The monoisotopic (exact) mass is 290 g/mol. The van der Waals surface area contributed by atoms with Crippen molar-refractivity contribution in [3.8, 4) is 5.75 Å². The number of carboxylic acid groups (broad SMARTS) is 1. The molecule has 6 heteroatoms. The highest BCUT2D eigenvalue weighted by molar-refractivity contribution is 5.93. The maximum Gasteiger partial charge on any atom is 0.305 e. The number of hydrogen-bond acceptors (Lipinski definition) is 3. The van der Waals surface area contributed by atoms with Gasteiger partial charge < -0.3 is 20.1 Å². The lowest BCUT2D eigenvalue weighted by Gasteiger charge is -2.11. The van der Waals surface area contributed by atoms with E-state index < -0.39 is 12.0 Å². The number of benzene rings is 1. The number of carbonyl (C=O) groups excluding carboxylic acids is 1. The molecule has 1 atom stereocenters. The highest BCUT2D eigenvalue weighted by Crippen LogP contribution is 2.28. The SMILES string of the molecule is COc1cccc2[nH]cc(CC(=O)NC(C)CC(=O)O)c12. The van der Waals surface area contributed by atoms with Crippen molar-refractivity contribution >= 4 is 22.8 Å². The summed E-state index contributed by atoms with van der Waals surface area (Å²) in [4.78, 5) is 25.7. The van der Waals surface area contributed by atoms with Crippen LogP contribution in [0, 0.1) is 0 Å². The van der Waals surface area contributed by atoms with Gasteiger partial charge >= 0.3 is 5.97 Å². The molecule has 0 saturated carbocycles. The van der Waals surface area contributed by atoms with Gasteiger partial charge in [0.2, 0.25) is 5.91 Å². The summed E-state index contributed by atoms with van der Waals surface area (Å²) in [6.45, 7) is 1.67. The molecule has 21 heavy (non-hydrogen) atoms. The molecule has 1 aromatic heterocycles. The summed E-state index contributed by atoms with van der Waals surface area (Å²) in [6.07, 6.45) is 1.85. The van der Waals surface area contributed by atoms with Crippen molar-refractivity contribution in [2.75, 3.05) is 7.11 Å². The maximum absolute atomic E-state index is 12.0. The second-order valence-electron chi connectivity index (χ2n) is 4.94. The quantitative estimate of drug-likeness (QED) is 0.755. The number of nitrogens with one attached hydrogen (secondary N) is 2. The average molecular weight is 290 g/mol. The fourth-order valence-corrected chi connectivity index (χ4v) is 2.34. The van der Waals surface area contributed by atoms with Crippen LogP contribution in [-0.4, -0.2) is 35.1 Å². The highest BCUT2D eigenvalue weighted by atomic mass is 16.5. The summed E-state index contributed by atoms with van der Waals surface area (Å²) in [6, 6.07) is 5.22. The predicted molar refractivity (Wildman–Crippen MR) is 78.4 cm³/mol. The Kier molecular flexibility index (Phi) is 4.47. The maximum atomic E-state index is 12.0. The molecule has 0 spiro atoms. The first kappa shape index (κ1) is 14.9. The van der Waals surface area contributed by atoms with Crippen LogP contribution in [0.1, 0.15) is 18.9 Å².